The normalized spacial score (nSPS) is 20.4. The van der Waals surface area contributed by atoms with Crippen molar-refractivity contribution < 1.29 is 9.90 Å². The van der Waals surface area contributed by atoms with Gasteiger partial charge in [-0.05, 0) is 36.1 Å². The molecule has 1 amide bonds. The minimum atomic E-state index is -0.421. The summed E-state index contributed by atoms with van der Waals surface area (Å²) in [7, 11) is 0. The molecule has 0 radical (unpaired) electrons. The molecular formula is C19H22N2O2. The van der Waals surface area contributed by atoms with Crippen LogP contribution in [0.3, 0.4) is 0 Å². The summed E-state index contributed by atoms with van der Waals surface area (Å²) in [5, 5.41) is 15.4. The van der Waals surface area contributed by atoms with Crippen LogP contribution in [0.25, 0.3) is 11.1 Å². The van der Waals surface area contributed by atoms with Gasteiger partial charge in [0.2, 0.25) is 5.91 Å². The summed E-state index contributed by atoms with van der Waals surface area (Å²) in [4.78, 5) is 12.1. The molecule has 2 aromatic rings. The second kappa shape index (κ2) is 6.94. The molecule has 3 N–H and O–H groups in total. The summed E-state index contributed by atoms with van der Waals surface area (Å²) in [5.74, 6) is -0.0532. The van der Waals surface area contributed by atoms with Crippen molar-refractivity contribution in [3.8, 4) is 11.1 Å². The number of carbonyl (C=O) groups excluding carboxylic acids is 1. The highest BCUT2D eigenvalue weighted by atomic mass is 16.3. The second-order valence-electron chi connectivity index (χ2n) is 6.14. The van der Waals surface area contributed by atoms with Crippen LogP contribution >= 0.6 is 0 Å². The lowest BCUT2D eigenvalue weighted by molar-refractivity contribution is -0.123. The summed E-state index contributed by atoms with van der Waals surface area (Å²) in [6, 6.07) is 16.3. The summed E-state index contributed by atoms with van der Waals surface area (Å²) < 4.78 is 0. The van der Waals surface area contributed by atoms with Crippen molar-refractivity contribution in [3.05, 3.63) is 59.7 Å². The van der Waals surface area contributed by atoms with Crippen molar-refractivity contribution in [3.63, 3.8) is 0 Å². The topological polar surface area (TPSA) is 61.4 Å². The summed E-state index contributed by atoms with van der Waals surface area (Å²) in [6.45, 7) is 3.06. The Morgan fingerprint density at radius 1 is 1.22 bits per heavy atom. The molecule has 0 aliphatic carbocycles. The number of aryl methyl sites for hydroxylation is 1. The molecule has 4 heteroatoms. The largest absolute Gasteiger partial charge is 0.392 e. The molecule has 4 nitrogen and oxygen atoms in total. The maximum Gasteiger partial charge on any atom is 0.237 e. The average Bonchev–Trinajstić information content (AvgIpc) is 2.99. The van der Waals surface area contributed by atoms with E-state index >= 15 is 0 Å². The van der Waals surface area contributed by atoms with E-state index in [0.717, 1.165) is 11.1 Å². The molecule has 120 valence electrons. The number of carbonyl (C=O) groups is 1. The Labute approximate surface area is 136 Å². The molecular weight excluding hydrogens is 288 g/mol. The number of amides is 1. The van der Waals surface area contributed by atoms with Gasteiger partial charge >= 0.3 is 0 Å². The minimum absolute atomic E-state index is 0.0532. The third kappa shape index (κ3) is 3.97. The van der Waals surface area contributed by atoms with Crippen LogP contribution in [0.15, 0.2) is 48.5 Å². The number of aliphatic hydroxyl groups excluding tert-OH is 1. The molecule has 3 rings (SSSR count). The molecule has 0 aromatic heterocycles. The fraction of sp³-hybridized carbons (Fsp3) is 0.316. The standard InChI is InChI=1S/C19H22N2O2/c1-13-4-2-6-15(8-13)16-7-3-5-14(9-16)11-21-19(23)18-10-17(22)12-20-18/h2-9,17-18,20,22H,10-12H2,1H3,(H,21,23). The van der Waals surface area contributed by atoms with Crippen LogP contribution in [0.1, 0.15) is 17.5 Å². The molecule has 1 saturated heterocycles. The third-order valence-corrected chi connectivity index (χ3v) is 4.17. The van der Waals surface area contributed by atoms with Gasteiger partial charge in [0.15, 0.2) is 0 Å². The number of hydrogen-bond acceptors (Lipinski definition) is 3. The fourth-order valence-corrected chi connectivity index (χ4v) is 2.91. The van der Waals surface area contributed by atoms with Crippen molar-refractivity contribution in [1.82, 2.24) is 10.6 Å². The number of hydrogen-bond donors (Lipinski definition) is 3. The van der Waals surface area contributed by atoms with Crippen molar-refractivity contribution in [2.45, 2.75) is 32.0 Å². The van der Waals surface area contributed by atoms with E-state index in [9.17, 15) is 9.90 Å². The van der Waals surface area contributed by atoms with Crippen LogP contribution in [-0.2, 0) is 11.3 Å². The molecule has 0 bridgehead atoms. The highest BCUT2D eigenvalue weighted by Crippen LogP contribution is 2.21. The molecule has 1 aliphatic heterocycles. The SMILES string of the molecule is Cc1cccc(-c2cccc(CNC(=O)C3CC(O)CN3)c2)c1. The molecule has 2 unspecified atom stereocenters. The highest BCUT2D eigenvalue weighted by Gasteiger charge is 2.27. The molecule has 1 heterocycles. The number of rotatable bonds is 4. The lowest BCUT2D eigenvalue weighted by Gasteiger charge is -2.12. The van der Waals surface area contributed by atoms with Crippen LogP contribution in [-0.4, -0.2) is 29.7 Å². The van der Waals surface area contributed by atoms with E-state index in [2.05, 4.69) is 54.0 Å². The lowest BCUT2D eigenvalue weighted by Crippen LogP contribution is -2.39. The minimum Gasteiger partial charge on any atom is -0.392 e. The first kappa shape index (κ1) is 15.7. The Bertz CT molecular complexity index is 699. The van der Waals surface area contributed by atoms with Crippen LogP contribution < -0.4 is 10.6 Å². The molecule has 2 atom stereocenters. The lowest BCUT2D eigenvalue weighted by atomic mass is 10.0. The average molecular weight is 310 g/mol. The molecule has 1 aliphatic rings. The summed E-state index contributed by atoms with van der Waals surface area (Å²) in [5.41, 5.74) is 4.62. The second-order valence-corrected chi connectivity index (χ2v) is 6.14. The zero-order valence-electron chi connectivity index (χ0n) is 13.3. The van der Waals surface area contributed by atoms with E-state index in [-0.39, 0.29) is 11.9 Å². The Morgan fingerprint density at radius 2 is 1.96 bits per heavy atom. The van der Waals surface area contributed by atoms with Gasteiger partial charge in [-0.25, -0.2) is 0 Å². The Hall–Kier alpha value is -2.17. The van der Waals surface area contributed by atoms with Gasteiger partial charge in [-0.1, -0.05) is 48.0 Å². The van der Waals surface area contributed by atoms with Gasteiger partial charge < -0.3 is 15.7 Å². The summed E-state index contributed by atoms with van der Waals surface area (Å²) >= 11 is 0. The first-order valence-corrected chi connectivity index (χ1v) is 7.97. The van der Waals surface area contributed by atoms with Gasteiger partial charge in [-0.15, -0.1) is 0 Å². The summed E-state index contributed by atoms with van der Waals surface area (Å²) in [6.07, 6.45) is 0.0604. The molecule has 0 saturated carbocycles. The van der Waals surface area contributed by atoms with E-state index in [1.165, 1.54) is 11.1 Å². The first-order chi connectivity index (χ1) is 11.1. The number of nitrogens with one attached hydrogen (secondary N) is 2. The maximum atomic E-state index is 12.1. The van der Waals surface area contributed by atoms with E-state index in [4.69, 9.17) is 0 Å². The Balaban J connectivity index is 1.65. The number of aliphatic hydroxyl groups is 1. The number of β-amino-alcohol motifs (C(OH)–C–C–N with tert-alkyl or cyclic N) is 1. The van der Waals surface area contributed by atoms with E-state index < -0.39 is 6.10 Å². The van der Waals surface area contributed by atoms with Crippen LogP contribution in [0, 0.1) is 6.92 Å². The van der Waals surface area contributed by atoms with Crippen molar-refractivity contribution in [1.29, 1.82) is 0 Å². The van der Waals surface area contributed by atoms with Gasteiger partial charge in [0, 0.05) is 13.1 Å². The van der Waals surface area contributed by atoms with E-state index in [1.807, 2.05) is 12.1 Å². The van der Waals surface area contributed by atoms with Gasteiger partial charge in [0.25, 0.3) is 0 Å². The van der Waals surface area contributed by atoms with E-state index in [0.29, 0.717) is 19.5 Å². The van der Waals surface area contributed by atoms with Crippen LogP contribution in [0.2, 0.25) is 0 Å². The van der Waals surface area contributed by atoms with Gasteiger partial charge in [0.1, 0.15) is 0 Å². The van der Waals surface area contributed by atoms with Crippen LogP contribution in [0.4, 0.5) is 0 Å². The Kier molecular flexibility index (Phi) is 4.74. The van der Waals surface area contributed by atoms with Gasteiger partial charge in [-0.3, -0.25) is 4.79 Å². The smallest absolute Gasteiger partial charge is 0.237 e. The zero-order valence-corrected chi connectivity index (χ0v) is 13.3. The van der Waals surface area contributed by atoms with Crippen LogP contribution in [0.5, 0.6) is 0 Å². The zero-order chi connectivity index (χ0) is 16.2. The maximum absolute atomic E-state index is 12.1. The first-order valence-electron chi connectivity index (χ1n) is 7.97. The monoisotopic (exact) mass is 310 g/mol. The van der Waals surface area contributed by atoms with Crippen molar-refractivity contribution in [2.75, 3.05) is 6.54 Å². The molecule has 1 fully saturated rings. The van der Waals surface area contributed by atoms with Crippen molar-refractivity contribution in [2.24, 2.45) is 0 Å². The highest BCUT2D eigenvalue weighted by molar-refractivity contribution is 5.82. The molecule has 23 heavy (non-hydrogen) atoms. The van der Waals surface area contributed by atoms with E-state index in [1.54, 1.807) is 0 Å². The third-order valence-electron chi connectivity index (χ3n) is 4.17. The predicted molar refractivity (Wildman–Crippen MR) is 90.9 cm³/mol. The van der Waals surface area contributed by atoms with Gasteiger partial charge in [0.05, 0.1) is 12.1 Å². The Morgan fingerprint density at radius 3 is 2.65 bits per heavy atom. The van der Waals surface area contributed by atoms with Gasteiger partial charge in [-0.2, -0.15) is 0 Å². The fourth-order valence-electron chi connectivity index (χ4n) is 2.91. The molecule has 0 spiro atoms. The predicted octanol–water partition coefficient (Wildman–Crippen LogP) is 2.00. The number of benzene rings is 2. The quantitative estimate of drug-likeness (QED) is 0.809. The van der Waals surface area contributed by atoms with Crippen molar-refractivity contribution >= 4 is 5.91 Å². The molecule has 2 aromatic carbocycles.